The average Bonchev–Trinajstić information content (AvgIpc) is 3.28. The van der Waals surface area contributed by atoms with Crippen LogP contribution in [0.2, 0.25) is 0 Å². The molecule has 3 atom stereocenters. The van der Waals surface area contributed by atoms with Gasteiger partial charge in [-0.2, -0.15) is 0 Å². The molecule has 47 heavy (non-hydrogen) atoms. The molecule has 0 heterocycles. The number of nitrogens with one attached hydrogen (secondary N) is 3. The Hall–Kier alpha value is -4.62. The highest BCUT2D eigenvalue weighted by Gasteiger charge is 2.30. The van der Waals surface area contributed by atoms with Crippen molar-refractivity contribution >= 4 is 27.5 Å². The molecule has 0 aliphatic heterocycles. The van der Waals surface area contributed by atoms with Gasteiger partial charge in [-0.25, -0.2) is 13.6 Å². The van der Waals surface area contributed by atoms with E-state index >= 15 is 0 Å². The summed E-state index contributed by atoms with van der Waals surface area (Å²) in [5.41, 5.74) is 3.43. The maximum absolute atomic E-state index is 13.8. The van der Waals surface area contributed by atoms with E-state index in [1.165, 1.54) is 39.3 Å². The fourth-order valence-corrected chi connectivity index (χ4v) is 6.31. The van der Waals surface area contributed by atoms with Crippen molar-refractivity contribution in [3.8, 4) is 28.4 Å². The monoisotopic (exact) mass is 666 g/mol. The lowest BCUT2D eigenvalue weighted by atomic mass is 9.95. The van der Waals surface area contributed by atoms with E-state index in [0.29, 0.717) is 53.2 Å². The van der Waals surface area contributed by atoms with E-state index in [4.69, 9.17) is 19.3 Å². The summed E-state index contributed by atoms with van der Waals surface area (Å²) >= 11 is 0. The van der Waals surface area contributed by atoms with Gasteiger partial charge in [-0.15, -0.1) is 0 Å². The van der Waals surface area contributed by atoms with E-state index in [1.807, 2.05) is 19.9 Å². The van der Waals surface area contributed by atoms with Gasteiger partial charge in [-0.1, -0.05) is 38.5 Å². The molecule has 0 bridgehead atoms. The second kappa shape index (κ2) is 14.9. The zero-order chi connectivity index (χ0) is 34.5. The van der Waals surface area contributed by atoms with Gasteiger partial charge in [0.2, 0.25) is 33.0 Å². The van der Waals surface area contributed by atoms with Crippen molar-refractivity contribution in [2.24, 2.45) is 11.1 Å². The number of primary sulfonamides is 1. The Morgan fingerprint density at radius 1 is 1.00 bits per heavy atom. The molecule has 1 aliphatic carbocycles. The molecular formula is C34H42N4O8S. The standard InChI is InChI=1S/C34H42N4O8S/c1-7-19(2)31(34(41)36-18-21-8-11-23(12-9-21)47(35,42)43)38-27-15-13-24-25(17-28(27)40)26(37-20(3)39)14-10-22-16-29(44-4)32(45-5)33(46-6)30(22)24/h8-9,11-13,15-17,19,26,31H,7,10,14,18H2,1-6H3,(H,36,41)(H,37,39)(H,38,40)(H2,35,42,43)/t19-,26-,31-/m0/s1. The van der Waals surface area contributed by atoms with Crippen LogP contribution in [0.15, 0.2) is 58.2 Å². The van der Waals surface area contributed by atoms with Crippen molar-refractivity contribution < 1.29 is 32.2 Å². The molecule has 4 rings (SSSR count). The topological polar surface area (TPSA) is 175 Å². The van der Waals surface area contributed by atoms with E-state index in [2.05, 4.69) is 16.0 Å². The lowest BCUT2D eigenvalue weighted by molar-refractivity contribution is -0.123. The number of anilines is 1. The van der Waals surface area contributed by atoms with Crippen LogP contribution < -0.4 is 40.7 Å². The molecular weight excluding hydrogens is 624 g/mol. The third-order valence-corrected chi connectivity index (χ3v) is 9.37. The summed E-state index contributed by atoms with van der Waals surface area (Å²) in [6.07, 6.45) is 1.73. The average molecular weight is 667 g/mol. The maximum atomic E-state index is 13.8. The van der Waals surface area contributed by atoms with Crippen molar-refractivity contribution in [1.29, 1.82) is 0 Å². The fraction of sp³-hybridized carbons (Fsp3) is 0.382. The van der Waals surface area contributed by atoms with Crippen LogP contribution in [0.25, 0.3) is 11.1 Å². The van der Waals surface area contributed by atoms with Crippen molar-refractivity contribution in [1.82, 2.24) is 10.6 Å². The molecule has 0 aromatic heterocycles. The molecule has 0 radical (unpaired) electrons. The smallest absolute Gasteiger partial charge is 0.243 e. The van der Waals surface area contributed by atoms with E-state index in [9.17, 15) is 22.8 Å². The fourth-order valence-electron chi connectivity index (χ4n) is 5.79. The Balaban J connectivity index is 1.76. The number of hydrogen-bond donors (Lipinski definition) is 4. The van der Waals surface area contributed by atoms with Crippen molar-refractivity contribution in [3.05, 3.63) is 75.4 Å². The summed E-state index contributed by atoms with van der Waals surface area (Å²) in [4.78, 5) is 39.6. The molecule has 1 aliphatic rings. The van der Waals surface area contributed by atoms with Gasteiger partial charge < -0.3 is 30.2 Å². The molecule has 2 amide bonds. The van der Waals surface area contributed by atoms with Crippen LogP contribution in [0, 0.1) is 5.92 Å². The van der Waals surface area contributed by atoms with Crippen molar-refractivity contribution in [2.75, 3.05) is 26.6 Å². The number of carbonyl (C=O) groups excluding carboxylic acids is 2. The van der Waals surface area contributed by atoms with E-state index in [-0.39, 0.29) is 40.3 Å². The van der Waals surface area contributed by atoms with Crippen LogP contribution in [0.3, 0.4) is 0 Å². The first kappa shape index (κ1) is 35.2. The second-order valence-corrected chi connectivity index (χ2v) is 13.1. The molecule has 5 N–H and O–H groups in total. The predicted octanol–water partition coefficient (Wildman–Crippen LogP) is 3.65. The number of hydrogen-bond acceptors (Lipinski definition) is 9. The number of rotatable bonds is 12. The molecule has 3 aromatic rings. The third-order valence-electron chi connectivity index (χ3n) is 8.44. The van der Waals surface area contributed by atoms with Crippen molar-refractivity contribution in [3.63, 3.8) is 0 Å². The highest BCUT2D eigenvalue weighted by Crippen LogP contribution is 2.50. The third kappa shape index (κ3) is 7.86. The molecule has 252 valence electrons. The van der Waals surface area contributed by atoms with Gasteiger partial charge in [0, 0.05) is 19.0 Å². The zero-order valence-electron chi connectivity index (χ0n) is 27.4. The van der Waals surface area contributed by atoms with Crippen LogP contribution in [0.1, 0.15) is 56.3 Å². The van der Waals surface area contributed by atoms with Gasteiger partial charge in [0.05, 0.1) is 38.0 Å². The minimum atomic E-state index is -3.83. The minimum absolute atomic E-state index is 0.0244. The second-order valence-electron chi connectivity index (χ2n) is 11.5. The molecule has 12 nitrogen and oxygen atoms in total. The summed E-state index contributed by atoms with van der Waals surface area (Å²) in [6.45, 7) is 5.43. The first-order chi connectivity index (χ1) is 22.3. The number of nitrogens with two attached hydrogens (primary N) is 1. The Labute approximate surface area is 275 Å². The Morgan fingerprint density at radius 2 is 1.68 bits per heavy atom. The first-order valence-electron chi connectivity index (χ1n) is 15.3. The summed E-state index contributed by atoms with van der Waals surface area (Å²) in [7, 11) is 0.766. The summed E-state index contributed by atoms with van der Waals surface area (Å²) in [6, 6.07) is 11.5. The quantitative estimate of drug-likeness (QED) is 0.225. The molecule has 0 fully saturated rings. The number of sulfonamides is 1. The Morgan fingerprint density at radius 3 is 2.26 bits per heavy atom. The number of amides is 2. The predicted molar refractivity (Wildman–Crippen MR) is 179 cm³/mol. The van der Waals surface area contributed by atoms with Crippen LogP contribution in [0.4, 0.5) is 5.69 Å². The first-order valence-corrected chi connectivity index (χ1v) is 16.8. The molecule has 3 aromatic carbocycles. The summed E-state index contributed by atoms with van der Waals surface area (Å²) in [5.74, 6) is 0.609. The van der Waals surface area contributed by atoms with Crippen LogP contribution in [0.5, 0.6) is 17.2 Å². The van der Waals surface area contributed by atoms with Gasteiger partial charge in [0.15, 0.2) is 11.5 Å². The van der Waals surface area contributed by atoms with E-state index in [0.717, 1.165) is 11.1 Å². The lowest BCUT2D eigenvalue weighted by Gasteiger charge is -2.24. The molecule has 0 saturated carbocycles. The van der Waals surface area contributed by atoms with Gasteiger partial charge in [0.25, 0.3) is 0 Å². The molecule has 0 unspecified atom stereocenters. The molecule has 0 spiro atoms. The maximum Gasteiger partial charge on any atom is 0.243 e. The van der Waals surface area contributed by atoms with E-state index in [1.54, 1.807) is 31.4 Å². The number of carbonyl (C=O) groups is 2. The normalized spacial score (nSPS) is 15.2. The number of aryl methyl sites for hydroxylation is 1. The van der Waals surface area contributed by atoms with Crippen molar-refractivity contribution in [2.45, 2.75) is 63.6 Å². The molecule has 0 saturated heterocycles. The lowest BCUT2D eigenvalue weighted by Crippen LogP contribution is -2.44. The highest BCUT2D eigenvalue weighted by atomic mass is 32.2. The summed E-state index contributed by atoms with van der Waals surface area (Å²) < 4.78 is 40.3. The Bertz CT molecular complexity index is 1810. The van der Waals surface area contributed by atoms with Gasteiger partial charge >= 0.3 is 0 Å². The van der Waals surface area contributed by atoms with Gasteiger partial charge in [0.1, 0.15) is 6.04 Å². The molecule has 13 heteroatoms. The van der Waals surface area contributed by atoms with Crippen LogP contribution in [-0.2, 0) is 32.6 Å². The largest absolute Gasteiger partial charge is 0.493 e. The SMILES string of the molecule is CC[C@H](C)[C@H](Nc1ccc2c(cc1=O)[C@@H](NC(C)=O)CCc1cc(OC)c(OC)c(OC)c1-2)C(=O)NCc1ccc(S(N)(=O)=O)cc1. The number of benzene rings is 2. The number of fused-ring (bicyclic) bond motifs is 3. The zero-order valence-corrected chi connectivity index (χ0v) is 28.2. The number of methoxy groups -OCH3 is 3. The van der Waals surface area contributed by atoms with Crippen LogP contribution in [-0.4, -0.2) is 47.6 Å². The van der Waals surface area contributed by atoms with E-state index < -0.39 is 22.1 Å². The highest BCUT2D eigenvalue weighted by molar-refractivity contribution is 7.89. The summed E-state index contributed by atoms with van der Waals surface area (Å²) in [5, 5.41) is 14.3. The minimum Gasteiger partial charge on any atom is -0.493 e. The van der Waals surface area contributed by atoms with Gasteiger partial charge in [-0.3, -0.25) is 14.4 Å². The van der Waals surface area contributed by atoms with Gasteiger partial charge in [-0.05, 0) is 71.3 Å². The number of ether oxygens (including phenoxy) is 3. The Kier molecular flexibility index (Phi) is 11.1. The van der Waals surface area contributed by atoms with Crippen LogP contribution >= 0.6 is 0 Å².